The molecule has 0 aliphatic heterocycles. The van der Waals surface area contributed by atoms with Crippen molar-refractivity contribution in [3.63, 3.8) is 0 Å². The molecule has 0 bridgehead atoms. The molecule has 1 rings (SSSR count). The van der Waals surface area contributed by atoms with Gasteiger partial charge in [-0.2, -0.15) is 13.5 Å². The van der Waals surface area contributed by atoms with Crippen LogP contribution < -0.4 is 5.32 Å². The van der Waals surface area contributed by atoms with Gasteiger partial charge in [0.05, 0.1) is 6.42 Å². The van der Waals surface area contributed by atoms with E-state index in [1.807, 2.05) is 65.0 Å². The zero-order valence-corrected chi connectivity index (χ0v) is 16.4. The zero-order chi connectivity index (χ0) is 17.5. The fourth-order valence-electron chi connectivity index (χ4n) is 2.37. The van der Waals surface area contributed by atoms with Gasteiger partial charge in [-0.3, -0.25) is 9.59 Å². The van der Waals surface area contributed by atoms with Gasteiger partial charge in [-0.25, -0.2) is 0 Å². The molecule has 1 aromatic carbocycles. The smallest absolute Gasteiger partial charge is 0.307 e. The fraction of sp³-hybridized carbons (Fsp3) is 0.579. The van der Waals surface area contributed by atoms with Crippen molar-refractivity contribution in [3.05, 3.63) is 35.9 Å². The number of benzene rings is 1. The van der Waals surface area contributed by atoms with E-state index in [0.29, 0.717) is 18.9 Å². The molecule has 24 heavy (non-hydrogen) atoms. The topological polar surface area (TPSA) is 55.4 Å². The molecule has 1 aromatic rings. The maximum Gasteiger partial charge on any atom is 0.307 e. The molecular formula is C19H31NO3S. The lowest BCUT2D eigenvalue weighted by Gasteiger charge is -2.23. The molecule has 0 aliphatic carbocycles. The first-order valence-electron chi connectivity index (χ1n) is 8.21. The molecule has 0 heterocycles. The maximum atomic E-state index is 12.4. The zero-order valence-electron chi connectivity index (χ0n) is 15.4. The number of ether oxygens (including phenoxy) is 1. The standard InChI is InChI=1S/C19H29NO3.H2S/c1-14(2)11-16(12-17(21)23-19(3,4)5)18(22)20-13-15-9-7-6-8-10-15;/h6-10,14,16H,11-13H2,1-5H3,(H,20,22);1H2/t16-;/m1./s1. The van der Waals surface area contributed by atoms with Gasteiger partial charge in [-0.1, -0.05) is 44.2 Å². The van der Waals surface area contributed by atoms with Gasteiger partial charge in [-0.05, 0) is 38.7 Å². The summed E-state index contributed by atoms with van der Waals surface area (Å²) in [5.41, 5.74) is 0.515. The molecule has 0 spiro atoms. The molecule has 1 amide bonds. The van der Waals surface area contributed by atoms with Crippen molar-refractivity contribution in [2.24, 2.45) is 11.8 Å². The van der Waals surface area contributed by atoms with Crippen LogP contribution in [0.5, 0.6) is 0 Å². The first-order chi connectivity index (χ1) is 10.7. The number of rotatable bonds is 7. The van der Waals surface area contributed by atoms with Crippen molar-refractivity contribution in [2.75, 3.05) is 0 Å². The Bertz CT molecular complexity index is 509. The summed E-state index contributed by atoms with van der Waals surface area (Å²) in [4.78, 5) is 24.5. The van der Waals surface area contributed by atoms with E-state index in [2.05, 4.69) is 5.32 Å². The van der Waals surface area contributed by atoms with Crippen molar-refractivity contribution < 1.29 is 14.3 Å². The van der Waals surface area contributed by atoms with Crippen molar-refractivity contribution in [1.29, 1.82) is 0 Å². The predicted octanol–water partition coefficient (Wildman–Crippen LogP) is 3.81. The first kappa shape index (κ1) is 22.5. The Hall–Kier alpha value is -1.49. The monoisotopic (exact) mass is 353 g/mol. The van der Waals surface area contributed by atoms with E-state index in [4.69, 9.17) is 4.74 Å². The number of nitrogens with one attached hydrogen (secondary N) is 1. The van der Waals surface area contributed by atoms with Crippen LogP contribution in [-0.4, -0.2) is 17.5 Å². The van der Waals surface area contributed by atoms with Crippen LogP contribution >= 0.6 is 13.5 Å². The number of hydrogen-bond donors (Lipinski definition) is 1. The van der Waals surface area contributed by atoms with E-state index in [0.717, 1.165) is 5.56 Å². The minimum absolute atomic E-state index is 0. The van der Waals surface area contributed by atoms with Crippen molar-refractivity contribution in [2.45, 2.75) is 59.6 Å². The van der Waals surface area contributed by atoms with E-state index >= 15 is 0 Å². The number of carbonyl (C=O) groups excluding carboxylic acids is 2. The molecular weight excluding hydrogens is 322 g/mol. The summed E-state index contributed by atoms with van der Waals surface area (Å²) in [5.74, 6) is -0.426. The summed E-state index contributed by atoms with van der Waals surface area (Å²) in [6.07, 6.45) is 0.788. The average molecular weight is 354 g/mol. The van der Waals surface area contributed by atoms with Crippen LogP contribution in [0.3, 0.4) is 0 Å². The lowest BCUT2D eigenvalue weighted by Crippen LogP contribution is -2.34. The quantitative estimate of drug-likeness (QED) is 0.758. The highest BCUT2D eigenvalue weighted by Gasteiger charge is 2.26. The largest absolute Gasteiger partial charge is 0.460 e. The van der Waals surface area contributed by atoms with Crippen LogP contribution in [0.25, 0.3) is 0 Å². The maximum absolute atomic E-state index is 12.4. The van der Waals surface area contributed by atoms with Crippen molar-refractivity contribution in [1.82, 2.24) is 5.32 Å². The van der Waals surface area contributed by atoms with Gasteiger partial charge in [-0.15, -0.1) is 0 Å². The molecule has 136 valence electrons. The van der Waals surface area contributed by atoms with Crippen LogP contribution in [0, 0.1) is 11.8 Å². The lowest BCUT2D eigenvalue weighted by molar-refractivity contribution is -0.157. The first-order valence-corrected chi connectivity index (χ1v) is 8.21. The lowest BCUT2D eigenvalue weighted by atomic mass is 9.93. The van der Waals surface area contributed by atoms with E-state index in [1.54, 1.807) is 0 Å². The van der Waals surface area contributed by atoms with Gasteiger partial charge in [0.1, 0.15) is 5.60 Å². The van der Waals surface area contributed by atoms with Gasteiger partial charge in [0.25, 0.3) is 0 Å². The van der Waals surface area contributed by atoms with Gasteiger partial charge < -0.3 is 10.1 Å². The van der Waals surface area contributed by atoms with E-state index in [9.17, 15) is 9.59 Å². The van der Waals surface area contributed by atoms with Crippen LogP contribution in [0.4, 0.5) is 0 Å². The molecule has 0 unspecified atom stereocenters. The van der Waals surface area contributed by atoms with Crippen LogP contribution in [0.15, 0.2) is 30.3 Å². The molecule has 0 aromatic heterocycles. The molecule has 0 saturated heterocycles. The highest BCUT2D eigenvalue weighted by molar-refractivity contribution is 7.59. The average Bonchev–Trinajstić information content (AvgIpc) is 2.42. The third-order valence-corrected chi connectivity index (χ3v) is 3.27. The minimum Gasteiger partial charge on any atom is -0.460 e. The number of carbonyl (C=O) groups is 2. The number of hydrogen-bond acceptors (Lipinski definition) is 3. The third kappa shape index (κ3) is 9.60. The van der Waals surface area contributed by atoms with Crippen LogP contribution in [-0.2, 0) is 20.9 Å². The van der Waals surface area contributed by atoms with Gasteiger partial charge in [0.15, 0.2) is 0 Å². The molecule has 1 N–H and O–H groups in total. The predicted molar refractivity (Wildman–Crippen MR) is 102 cm³/mol. The summed E-state index contributed by atoms with van der Waals surface area (Å²) in [6.45, 7) is 10.1. The Balaban J connectivity index is 0.00000529. The van der Waals surface area contributed by atoms with Crippen molar-refractivity contribution in [3.8, 4) is 0 Å². The normalized spacial score (nSPS) is 12.2. The summed E-state index contributed by atoms with van der Waals surface area (Å²) in [7, 11) is 0. The second-order valence-corrected chi connectivity index (χ2v) is 7.32. The SMILES string of the molecule is CC(C)C[C@H](CC(=O)OC(C)(C)C)C(=O)NCc1ccccc1.S. The van der Waals surface area contributed by atoms with Gasteiger partial charge >= 0.3 is 5.97 Å². The van der Waals surface area contributed by atoms with E-state index in [-0.39, 0.29) is 37.7 Å². The Kier molecular flexibility index (Phi) is 9.75. The molecule has 0 radical (unpaired) electrons. The fourth-order valence-corrected chi connectivity index (χ4v) is 2.37. The molecule has 4 nitrogen and oxygen atoms in total. The summed E-state index contributed by atoms with van der Waals surface area (Å²) >= 11 is 0. The highest BCUT2D eigenvalue weighted by atomic mass is 32.1. The summed E-state index contributed by atoms with van der Waals surface area (Å²) < 4.78 is 5.34. The molecule has 1 atom stereocenters. The molecule has 0 fully saturated rings. The Labute approximate surface area is 152 Å². The molecule has 0 aliphatic rings. The van der Waals surface area contributed by atoms with Crippen LogP contribution in [0.2, 0.25) is 0 Å². The molecule has 0 saturated carbocycles. The Morgan fingerprint density at radius 3 is 2.21 bits per heavy atom. The number of esters is 1. The van der Waals surface area contributed by atoms with Gasteiger partial charge in [0.2, 0.25) is 5.91 Å². The highest BCUT2D eigenvalue weighted by Crippen LogP contribution is 2.19. The second-order valence-electron chi connectivity index (χ2n) is 7.32. The number of amides is 1. The molecule has 5 heteroatoms. The summed E-state index contributed by atoms with van der Waals surface area (Å²) in [5, 5.41) is 2.93. The second kappa shape index (κ2) is 10.4. The minimum atomic E-state index is -0.528. The Morgan fingerprint density at radius 1 is 1.12 bits per heavy atom. The van der Waals surface area contributed by atoms with E-state index < -0.39 is 5.60 Å². The Morgan fingerprint density at radius 2 is 1.71 bits per heavy atom. The van der Waals surface area contributed by atoms with E-state index in [1.165, 1.54) is 0 Å². The summed E-state index contributed by atoms with van der Waals surface area (Å²) in [6, 6.07) is 9.74. The third-order valence-electron chi connectivity index (χ3n) is 3.27. The van der Waals surface area contributed by atoms with Crippen molar-refractivity contribution >= 4 is 25.4 Å². The van der Waals surface area contributed by atoms with Crippen LogP contribution in [0.1, 0.15) is 53.0 Å². The van der Waals surface area contributed by atoms with Gasteiger partial charge in [0, 0.05) is 12.5 Å².